The van der Waals surface area contributed by atoms with Gasteiger partial charge in [-0.1, -0.05) is 44.0 Å². The number of fused-ring (bicyclic) bond motifs is 1. The maximum atomic E-state index is 11.6. The van der Waals surface area contributed by atoms with Gasteiger partial charge in [0, 0.05) is 12.0 Å². The number of hydrogen-bond donors (Lipinski definition) is 1. The normalized spacial score (nSPS) is 15.7. The first-order chi connectivity index (χ1) is 8.81. The van der Waals surface area contributed by atoms with Gasteiger partial charge in [-0.05, 0) is 24.8 Å². The van der Waals surface area contributed by atoms with Crippen LogP contribution in [0.1, 0.15) is 50.2 Å². The van der Waals surface area contributed by atoms with Crippen LogP contribution in [0, 0.1) is 0 Å². The summed E-state index contributed by atoms with van der Waals surface area (Å²) in [7, 11) is 0. The molecule has 1 aliphatic carbocycles. The molecule has 96 valence electrons. The summed E-state index contributed by atoms with van der Waals surface area (Å²) < 4.78 is 0. The van der Waals surface area contributed by atoms with E-state index in [1.807, 2.05) is 12.1 Å². The van der Waals surface area contributed by atoms with Crippen molar-refractivity contribution in [2.24, 2.45) is 5.10 Å². The van der Waals surface area contributed by atoms with Crippen LogP contribution in [0.3, 0.4) is 0 Å². The van der Waals surface area contributed by atoms with E-state index in [1.165, 1.54) is 11.1 Å². The molecule has 0 aliphatic heterocycles. The molecule has 2 rings (SSSR count). The standard InChI is InChI=1S/C15H20N2O/c1-2-3-4-9-15(18)17-16-14-11-10-12-7-5-6-8-13(12)14/h5-8H,2-4,9-11H2,1H3,(H,17,18)/b16-14-. The van der Waals surface area contributed by atoms with Crippen LogP contribution in [0.15, 0.2) is 29.4 Å². The highest BCUT2D eigenvalue weighted by Gasteiger charge is 2.16. The number of hydrazone groups is 1. The third-order valence-corrected chi connectivity index (χ3v) is 3.28. The summed E-state index contributed by atoms with van der Waals surface area (Å²) in [6.45, 7) is 2.13. The number of carbonyl (C=O) groups excluding carboxylic acids is 1. The molecule has 1 aromatic carbocycles. The monoisotopic (exact) mass is 244 g/mol. The molecule has 18 heavy (non-hydrogen) atoms. The van der Waals surface area contributed by atoms with Crippen LogP contribution in [0.4, 0.5) is 0 Å². The number of hydrogen-bond acceptors (Lipinski definition) is 2. The Morgan fingerprint density at radius 3 is 2.94 bits per heavy atom. The van der Waals surface area contributed by atoms with Gasteiger partial charge in [-0.15, -0.1) is 0 Å². The lowest BCUT2D eigenvalue weighted by atomic mass is 10.1. The molecule has 1 N–H and O–H groups in total. The highest BCUT2D eigenvalue weighted by molar-refractivity contribution is 6.04. The number of amides is 1. The van der Waals surface area contributed by atoms with Crippen LogP contribution in [0.25, 0.3) is 0 Å². The fourth-order valence-electron chi connectivity index (χ4n) is 2.24. The topological polar surface area (TPSA) is 41.5 Å². The predicted octanol–water partition coefficient (Wildman–Crippen LogP) is 3.03. The summed E-state index contributed by atoms with van der Waals surface area (Å²) in [5.41, 5.74) is 6.20. The zero-order chi connectivity index (χ0) is 12.8. The van der Waals surface area contributed by atoms with E-state index >= 15 is 0 Å². The molecule has 0 fully saturated rings. The van der Waals surface area contributed by atoms with Crippen molar-refractivity contribution in [3.63, 3.8) is 0 Å². The molecule has 0 heterocycles. The summed E-state index contributed by atoms with van der Waals surface area (Å²) >= 11 is 0. The van der Waals surface area contributed by atoms with E-state index in [9.17, 15) is 4.79 Å². The molecule has 3 heteroatoms. The second-order valence-corrected chi connectivity index (χ2v) is 4.71. The van der Waals surface area contributed by atoms with E-state index in [4.69, 9.17) is 0 Å². The minimum atomic E-state index is 0.0281. The molecule has 0 aromatic heterocycles. The Bertz CT molecular complexity index is 452. The van der Waals surface area contributed by atoms with Crippen LogP contribution in [0.2, 0.25) is 0 Å². The Morgan fingerprint density at radius 2 is 2.11 bits per heavy atom. The first kappa shape index (κ1) is 12.8. The molecule has 0 radical (unpaired) electrons. The van der Waals surface area contributed by atoms with Gasteiger partial charge in [-0.25, -0.2) is 5.43 Å². The van der Waals surface area contributed by atoms with Gasteiger partial charge >= 0.3 is 0 Å². The molecule has 0 atom stereocenters. The number of rotatable bonds is 5. The van der Waals surface area contributed by atoms with Gasteiger partial charge in [-0.3, -0.25) is 4.79 Å². The van der Waals surface area contributed by atoms with Gasteiger partial charge in [-0.2, -0.15) is 5.10 Å². The van der Waals surface area contributed by atoms with Crippen LogP contribution >= 0.6 is 0 Å². The van der Waals surface area contributed by atoms with Gasteiger partial charge in [0.05, 0.1) is 5.71 Å². The Kier molecular flexibility index (Phi) is 4.51. The maximum Gasteiger partial charge on any atom is 0.240 e. The van der Waals surface area contributed by atoms with Crippen LogP contribution in [-0.2, 0) is 11.2 Å². The lowest BCUT2D eigenvalue weighted by Gasteiger charge is -2.02. The lowest BCUT2D eigenvalue weighted by Crippen LogP contribution is -2.18. The molecule has 1 aliphatic rings. The number of carbonyl (C=O) groups is 1. The Hall–Kier alpha value is -1.64. The van der Waals surface area contributed by atoms with Gasteiger partial charge < -0.3 is 0 Å². The average molecular weight is 244 g/mol. The summed E-state index contributed by atoms with van der Waals surface area (Å²) in [5.74, 6) is 0.0281. The lowest BCUT2D eigenvalue weighted by molar-refractivity contribution is -0.121. The van der Waals surface area contributed by atoms with Crippen molar-refractivity contribution in [2.75, 3.05) is 0 Å². The summed E-state index contributed by atoms with van der Waals surface area (Å²) in [4.78, 5) is 11.6. The van der Waals surface area contributed by atoms with Gasteiger partial charge in [0.15, 0.2) is 0 Å². The molecule has 0 bridgehead atoms. The molecule has 1 aromatic rings. The fraction of sp³-hybridized carbons (Fsp3) is 0.467. The molecule has 0 unspecified atom stereocenters. The van der Waals surface area contributed by atoms with Crippen molar-refractivity contribution in [1.82, 2.24) is 5.43 Å². The second-order valence-electron chi connectivity index (χ2n) is 4.71. The van der Waals surface area contributed by atoms with Crippen LogP contribution in [-0.4, -0.2) is 11.6 Å². The second kappa shape index (κ2) is 6.34. The number of aryl methyl sites for hydroxylation is 1. The predicted molar refractivity (Wildman–Crippen MR) is 73.6 cm³/mol. The van der Waals surface area contributed by atoms with Gasteiger partial charge in [0.1, 0.15) is 0 Å². The average Bonchev–Trinajstić information content (AvgIpc) is 2.80. The Labute approximate surface area is 108 Å². The van der Waals surface area contributed by atoms with Crippen LogP contribution in [0.5, 0.6) is 0 Å². The molecular weight excluding hydrogens is 224 g/mol. The number of nitrogens with zero attached hydrogens (tertiary/aromatic N) is 1. The number of unbranched alkanes of at least 4 members (excludes halogenated alkanes) is 2. The highest BCUT2D eigenvalue weighted by atomic mass is 16.2. The third kappa shape index (κ3) is 3.19. The van der Waals surface area contributed by atoms with E-state index in [0.717, 1.165) is 37.8 Å². The minimum Gasteiger partial charge on any atom is -0.273 e. The molecular formula is C15H20N2O. The first-order valence-electron chi connectivity index (χ1n) is 6.75. The first-order valence-corrected chi connectivity index (χ1v) is 6.75. The molecule has 0 saturated carbocycles. The van der Waals surface area contributed by atoms with E-state index in [-0.39, 0.29) is 5.91 Å². The van der Waals surface area contributed by atoms with Crippen molar-refractivity contribution in [3.05, 3.63) is 35.4 Å². The van der Waals surface area contributed by atoms with Gasteiger partial charge in [0.25, 0.3) is 0 Å². The molecule has 1 amide bonds. The van der Waals surface area contributed by atoms with Gasteiger partial charge in [0.2, 0.25) is 5.91 Å². The van der Waals surface area contributed by atoms with Crippen molar-refractivity contribution in [3.8, 4) is 0 Å². The van der Waals surface area contributed by atoms with Crippen molar-refractivity contribution >= 4 is 11.6 Å². The zero-order valence-corrected chi connectivity index (χ0v) is 10.9. The van der Waals surface area contributed by atoms with Crippen molar-refractivity contribution in [1.29, 1.82) is 0 Å². The van der Waals surface area contributed by atoms with E-state index in [2.05, 4.69) is 29.6 Å². The largest absolute Gasteiger partial charge is 0.273 e. The number of benzene rings is 1. The summed E-state index contributed by atoms with van der Waals surface area (Å²) in [6, 6.07) is 8.26. The fourth-order valence-corrected chi connectivity index (χ4v) is 2.24. The highest BCUT2D eigenvalue weighted by Crippen LogP contribution is 2.21. The third-order valence-electron chi connectivity index (χ3n) is 3.28. The number of nitrogens with one attached hydrogen (secondary N) is 1. The molecule has 3 nitrogen and oxygen atoms in total. The Morgan fingerprint density at radius 1 is 1.28 bits per heavy atom. The molecule has 0 saturated heterocycles. The minimum absolute atomic E-state index is 0.0281. The van der Waals surface area contributed by atoms with Crippen LogP contribution < -0.4 is 5.43 Å². The molecule has 0 spiro atoms. The van der Waals surface area contributed by atoms with E-state index in [0.29, 0.717) is 6.42 Å². The van der Waals surface area contributed by atoms with E-state index < -0.39 is 0 Å². The summed E-state index contributed by atoms with van der Waals surface area (Å²) in [6.07, 6.45) is 5.72. The quantitative estimate of drug-likeness (QED) is 0.627. The zero-order valence-electron chi connectivity index (χ0n) is 10.9. The Balaban J connectivity index is 1.89. The van der Waals surface area contributed by atoms with Crippen molar-refractivity contribution < 1.29 is 4.79 Å². The smallest absolute Gasteiger partial charge is 0.240 e. The maximum absolute atomic E-state index is 11.6. The SMILES string of the molecule is CCCCCC(=O)N/N=C1/CCc2ccccc21. The van der Waals surface area contributed by atoms with E-state index in [1.54, 1.807) is 0 Å². The van der Waals surface area contributed by atoms with Crippen molar-refractivity contribution in [2.45, 2.75) is 45.4 Å². The summed E-state index contributed by atoms with van der Waals surface area (Å²) in [5, 5.41) is 4.26.